The van der Waals surface area contributed by atoms with E-state index in [-0.39, 0.29) is 29.0 Å². The van der Waals surface area contributed by atoms with Crippen molar-refractivity contribution < 1.29 is 23.5 Å². The van der Waals surface area contributed by atoms with Gasteiger partial charge < -0.3 is 24.1 Å². The molecule has 9 nitrogen and oxygen atoms in total. The molecule has 0 bridgehead atoms. The maximum Gasteiger partial charge on any atom is 0.310 e. The molecule has 1 atom stereocenters. The predicted octanol–water partition coefficient (Wildman–Crippen LogP) is 5.82. The Labute approximate surface area is 238 Å². The van der Waals surface area contributed by atoms with Gasteiger partial charge in [-0.3, -0.25) is 9.59 Å². The Morgan fingerprint density at radius 2 is 1.93 bits per heavy atom. The number of carbonyl (C=O) groups is 2. The van der Waals surface area contributed by atoms with E-state index in [1.807, 2.05) is 65.6 Å². The predicted molar refractivity (Wildman–Crippen MR) is 153 cm³/mol. The van der Waals surface area contributed by atoms with Crippen LogP contribution in [0.25, 0.3) is 11.3 Å². The second-order valence-electron chi connectivity index (χ2n) is 9.60. The number of hydrogen-bond donors (Lipinski definition) is 1. The second-order valence-corrected chi connectivity index (χ2v) is 9.60. The topological polar surface area (TPSA) is 118 Å². The minimum absolute atomic E-state index is 0.0922. The van der Waals surface area contributed by atoms with Crippen molar-refractivity contribution in [2.24, 2.45) is 5.92 Å². The lowest BCUT2D eigenvalue weighted by molar-refractivity contribution is -0.148. The van der Waals surface area contributed by atoms with E-state index in [1.54, 1.807) is 13.0 Å². The Morgan fingerprint density at radius 1 is 1.12 bits per heavy atom. The first-order chi connectivity index (χ1) is 20.1. The summed E-state index contributed by atoms with van der Waals surface area (Å²) in [6.07, 6.45) is 2.85. The molecule has 2 aromatic heterocycles. The van der Waals surface area contributed by atoms with Crippen molar-refractivity contribution in [2.75, 3.05) is 29.9 Å². The number of aromatic nitrogens is 1. The van der Waals surface area contributed by atoms with Crippen LogP contribution < -0.4 is 15.0 Å². The van der Waals surface area contributed by atoms with Gasteiger partial charge in [0.1, 0.15) is 24.0 Å². The molecule has 0 saturated carbocycles. The third-order valence-electron chi connectivity index (χ3n) is 6.87. The normalized spacial score (nSPS) is 14.6. The molecule has 208 valence electrons. The number of carbonyl (C=O) groups excluding carboxylic acids is 2. The van der Waals surface area contributed by atoms with Crippen molar-refractivity contribution >= 4 is 23.4 Å². The van der Waals surface area contributed by atoms with Crippen LogP contribution in [0.5, 0.6) is 5.75 Å². The average Bonchev–Trinajstić information content (AvgIpc) is 3.56. The smallest absolute Gasteiger partial charge is 0.310 e. The summed E-state index contributed by atoms with van der Waals surface area (Å²) in [5, 5.41) is 13.0. The molecule has 1 N–H and O–H groups in total. The molecule has 2 aromatic carbocycles. The van der Waals surface area contributed by atoms with Crippen molar-refractivity contribution in [3.8, 4) is 23.1 Å². The summed E-state index contributed by atoms with van der Waals surface area (Å²) < 4.78 is 16.7. The molecule has 5 rings (SSSR count). The van der Waals surface area contributed by atoms with Crippen molar-refractivity contribution in [2.45, 2.75) is 26.4 Å². The van der Waals surface area contributed by atoms with Gasteiger partial charge in [0.2, 0.25) is 0 Å². The van der Waals surface area contributed by atoms with E-state index in [0.29, 0.717) is 55.4 Å². The molecule has 1 aliphatic heterocycles. The summed E-state index contributed by atoms with van der Waals surface area (Å²) in [5.41, 5.74) is 2.98. The maximum atomic E-state index is 13.0. The number of hydrogen-bond acceptors (Lipinski definition) is 8. The van der Waals surface area contributed by atoms with Crippen LogP contribution in [-0.4, -0.2) is 36.6 Å². The lowest BCUT2D eigenvalue weighted by Crippen LogP contribution is -2.40. The highest BCUT2D eigenvalue weighted by atomic mass is 16.5. The zero-order chi connectivity index (χ0) is 28.6. The fourth-order valence-corrected chi connectivity index (χ4v) is 4.88. The quantitative estimate of drug-likeness (QED) is 0.259. The molecule has 1 amide bonds. The van der Waals surface area contributed by atoms with Crippen LogP contribution in [-0.2, 0) is 16.1 Å². The van der Waals surface area contributed by atoms with E-state index in [1.165, 1.54) is 12.3 Å². The number of ether oxygens (including phenoxy) is 2. The van der Waals surface area contributed by atoms with E-state index >= 15 is 0 Å². The minimum Gasteiger partial charge on any atom is -0.488 e. The van der Waals surface area contributed by atoms with Crippen LogP contribution in [0.15, 0.2) is 83.5 Å². The second kappa shape index (κ2) is 12.8. The van der Waals surface area contributed by atoms with E-state index in [2.05, 4.69) is 11.4 Å². The molecular weight excluding hydrogens is 520 g/mol. The largest absolute Gasteiger partial charge is 0.488 e. The van der Waals surface area contributed by atoms with Gasteiger partial charge >= 0.3 is 5.97 Å². The van der Waals surface area contributed by atoms with Crippen LogP contribution in [0.4, 0.5) is 11.5 Å². The number of amides is 1. The lowest BCUT2D eigenvalue weighted by Gasteiger charge is -2.34. The number of para-hydroxylation sites is 1. The number of esters is 1. The van der Waals surface area contributed by atoms with Crippen LogP contribution >= 0.6 is 0 Å². The maximum absolute atomic E-state index is 13.0. The van der Waals surface area contributed by atoms with Crippen molar-refractivity contribution in [3.05, 3.63) is 95.9 Å². The molecule has 1 fully saturated rings. The number of nitrogens with one attached hydrogen (secondary N) is 1. The van der Waals surface area contributed by atoms with E-state index in [0.717, 1.165) is 12.0 Å². The van der Waals surface area contributed by atoms with Gasteiger partial charge in [-0.05, 0) is 55.7 Å². The van der Waals surface area contributed by atoms with Gasteiger partial charge in [0, 0.05) is 18.7 Å². The molecule has 41 heavy (non-hydrogen) atoms. The first kappa shape index (κ1) is 27.5. The highest BCUT2D eigenvalue weighted by molar-refractivity contribution is 6.03. The monoisotopic (exact) mass is 550 g/mol. The molecule has 9 heteroatoms. The number of furan rings is 1. The molecular formula is C32H30N4O5. The van der Waals surface area contributed by atoms with Crippen LogP contribution in [0.3, 0.4) is 0 Å². The summed E-state index contributed by atoms with van der Waals surface area (Å²) in [7, 11) is 0. The lowest BCUT2D eigenvalue weighted by atomic mass is 9.96. The van der Waals surface area contributed by atoms with Gasteiger partial charge in [0.15, 0.2) is 11.6 Å². The third kappa shape index (κ3) is 6.39. The van der Waals surface area contributed by atoms with Crippen molar-refractivity contribution in [1.82, 2.24) is 4.98 Å². The number of nitriles is 1. The van der Waals surface area contributed by atoms with Crippen LogP contribution in [0.1, 0.15) is 41.4 Å². The highest BCUT2D eigenvalue weighted by Crippen LogP contribution is 2.37. The SMILES string of the molecule is CCOC(=O)C1CCCN(c2cc(-c3ccccc3OCc3ccccc3)nc(NC(=O)c3ccco3)c2C#N)C1. The first-order valence-corrected chi connectivity index (χ1v) is 13.5. The number of nitrogens with zero attached hydrogens (tertiary/aromatic N) is 3. The Hall–Kier alpha value is -5.10. The van der Waals surface area contributed by atoms with Crippen LogP contribution in [0.2, 0.25) is 0 Å². The fourth-order valence-electron chi connectivity index (χ4n) is 4.88. The van der Waals surface area contributed by atoms with Crippen LogP contribution in [0, 0.1) is 17.2 Å². The Morgan fingerprint density at radius 3 is 2.68 bits per heavy atom. The molecule has 1 aliphatic rings. The Bertz CT molecular complexity index is 1550. The molecule has 0 radical (unpaired) electrons. The number of rotatable bonds is 9. The van der Waals surface area contributed by atoms with Crippen molar-refractivity contribution in [1.29, 1.82) is 5.26 Å². The fraction of sp³-hybridized carbons (Fsp3) is 0.250. The minimum atomic E-state index is -0.529. The van der Waals surface area contributed by atoms with E-state index in [4.69, 9.17) is 18.9 Å². The van der Waals surface area contributed by atoms with Gasteiger partial charge in [-0.25, -0.2) is 4.98 Å². The highest BCUT2D eigenvalue weighted by Gasteiger charge is 2.30. The molecule has 1 unspecified atom stereocenters. The molecule has 3 heterocycles. The van der Waals surface area contributed by atoms with Gasteiger partial charge in [0.05, 0.1) is 30.2 Å². The summed E-state index contributed by atoms with van der Waals surface area (Å²) in [4.78, 5) is 32.3. The Balaban J connectivity index is 1.56. The Kier molecular flexibility index (Phi) is 8.60. The first-order valence-electron chi connectivity index (χ1n) is 13.5. The molecule has 4 aromatic rings. The third-order valence-corrected chi connectivity index (χ3v) is 6.87. The molecule has 0 aliphatic carbocycles. The zero-order valence-electron chi connectivity index (χ0n) is 22.7. The summed E-state index contributed by atoms with van der Waals surface area (Å²) >= 11 is 0. The number of piperidine rings is 1. The summed E-state index contributed by atoms with van der Waals surface area (Å²) in [6, 6.07) is 24.5. The number of anilines is 2. The number of pyridine rings is 1. The summed E-state index contributed by atoms with van der Waals surface area (Å²) in [5.74, 6) is -0.317. The standard InChI is InChI=1S/C32H30N4O5/c1-2-39-32(38)23-12-8-16-36(20-23)27-18-26(34-30(25(27)19-33)35-31(37)29-15-9-17-40-29)24-13-6-7-14-28(24)41-21-22-10-4-3-5-11-22/h3-7,9-11,13-15,17-18,23H,2,8,12,16,20-21H2,1H3,(H,34,35,37). The van der Waals surface area contributed by atoms with Gasteiger partial charge in [0.25, 0.3) is 5.91 Å². The molecule has 1 saturated heterocycles. The number of benzene rings is 2. The van der Waals surface area contributed by atoms with E-state index in [9.17, 15) is 14.9 Å². The van der Waals surface area contributed by atoms with Gasteiger partial charge in [-0.1, -0.05) is 42.5 Å². The summed E-state index contributed by atoms with van der Waals surface area (Å²) in [6.45, 7) is 3.46. The van der Waals surface area contributed by atoms with E-state index < -0.39 is 5.91 Å². The molecule has 0 spiro atoms. The van der Waals surface area contributed by atoms with Crippen molar-refractivity contribution in [3.63, 3.8) is 0 Å². The average molecular weight is 551 g/mol. The van der Waals surface area contributed by atoms with Gasteiger partial charge in [-0.2, -0.15) is 5.26 Å². The van der Waals surface area contributed by atoms with Gasteiger partial charge in [-0.15, -0.1) is 0 Å². The zero-order valence-corrected chi connectivity index (χ0v) is 22.7.